The summed E-state index contributed by atoms with van der Waals surface area (Å²) < 4.78 is 27.2. The molecule has 4 aromatic carbocycles. The van der Waals surface area contributed by atoms with E-state index in [-0.39, 0.29) is 73.4 Å². The minimum Gasteiger partial charge on any atom is -0.352 e. The van der Waals surface area contributed by atoms with E-state index in [1.54, 1.807) is 80.3 Å². The molecule has 3 heterocycles. The zero-order valence-corrected chi connectivity index (χ0v) is 41.6. The molecule has 6 amide bonds. The quantitative estimate of drug-likeness (QED) is 0.0605. The Morgan fingerprint density at radius 2 is 1.61 bits per heavy atom. The normalized spacial score (nSPS) is 20.9. The predicted octanol–water partition coefficient (Wildman–Crippen LogP) is 8.26. The maximum absolute atomic E-state index is 15.2. The highest BCUT2D eigenvalue weighted by Gasteiger charge is 2.53. The zero-order valence-electron chi connectivity index (χ0n) is 39.3. The average Bonchev–Trinajstić information content (AvgIpc) is 3.63. The second-order valence-electron chi connectivity index (χ2n) is 19.0. The van der Waals surface area contributed by atoms with Gasteiger partial charge in [0.05, 0.1) is 22.5 Å². The van der Waals surface area contributed by atoms with Crippen LogP contribution in [0.1, 0.15) is 128 Å². The van der Waals surface area contributed by atoms with E-state index in [1.807, 2.05) is 50.2 Å². The van der Waals surface area contributed by atoms with Crippen LogP contribution in [0.5, 0.6) is 0 Å². The molecule has 7 rings (SSSR count). The van der Waals surface area contributed by atoms with Gasteiger partial charge in [0.1, 0.15) is 6.04 Å². The van der Waals surface area contributed by atoms with Crippen molar-refractivity contribution >= 4 is 74.2 Å². The van der Waals surface area contributed by atoms with Gasteiger partial charge in [0.15, 0.2) is 9.84 Å². The van der Waals surface area contributed by atoms with Gasteiger partial charge in [-0.15, -0.1) is 0 Å². The van der Waals surface area contributed by atoms with Crippen LogP contribution in [-0.4, -0.2) is 83.3 Å². The zero-order chi connectivity index (χ0) is 49.8. The molecule has 3 N–H and O–H groups in total. The molecule has 13 nitrogen and oxygen atoms in total. The van der Waals surface area contributed by atoms with Gasteiger partial charge in [-0.3, -0.25) is 34.1 Å². The Bertz CT molecular complexity index is 2820. The molecular formula is C53H57Cl2N5O8S. The number of imide groups is 1. The number of carbonyl (C=O) groups excluding carboxylic acids is 6. The number of likely N-dealkylation sites (tertiary alicyclic amines) is 1. The molecule has 0 saturated carbocycles. The number of anilines is 1. The van der Waals surface area contributed by atoms with Gasteiger partial charge in [0.2, 0.25) is 23.6 Å². The molecule has 0 aliphatic carbocycles. The third-order valence-corrected chi connectivity index (χ3v) is 16.1. The Kier molecular flexibility index (Phi) is 15.7. The SMILES string of the molecule is CC(C)[C@@H](CS(=O)(=O)C(C)C)N1C(=O)[C@@](C)(CC(=O)Nc2ccc(C(=O)NCCCC#Cc3cccc4c3CN(C3CCC(=O)NC3=O)C4=O)cc2)C[C@H](c2cccc(Cl)c2)[C@H]1c1ccc(Cl)cc1. The Morgan fingerprint density at radius 3 is 2.28 bits per heavy atom. The molecule has 0 aromatic heterocycles. The van der Waals surface area contributed by atoms with E-state index < -0.39 is 50.4 Å². The maximum atomic E-state index is 15.2. The van der Waals surface area contributed by atoms with Crippen LogP contribution in [0.4, 0.5) is 5.69 Å². The largest absolute Gasteiger partial charge is 0.352 e. The van der Waals surface area contributed by atoms with Crippen LogP contribution in [0.25, 0.3) is 0 Å². The van der Waals surface area contributed by atoms with Crippen molar-refractivity contribution < 1.29 is 37.2 Å². The van der Waals surface area contributed by atoms with Gasteiger partial charge in [-0.1, -0.05) is 86.1 Å². The number of sulfone groups is 1. The van der Waals surface area contributed by atoms with Gasteiger partial charge < -0.3 is 20.4 Å². The molecule has 5 atom stereocenters. The first-order valence-electron chi connectivity index (χ1n) is 23.2. The lowest BCUT2D eigenvalue weighted by Crippen LogP contribution is -2.59. The van der Waals surface area contributed by atoms with Gasteiger partial charge in [-0.2, -0.15) is 0 Å². The Labute approximate surface area is 414 Å². The van der Waals surface area contributed by atoms with Crippen molar-refractivity contribution in [3.8, 4) is 11.8 Å². The molecular weight excluding hydrogens is 938 g/mol. The lowest BCUT2D eigenvalue weighted by Gasteiger charge is -2.53. The van der Waals surface area contributed by atoms with Gasteiger partial charge in [-0.25, -0.2) is 8.42 Å². The number of fused-ring (bicyclic) bond motifs is 1. The number of unbranched alkanes of at least 4 members (excludes halogenated alkanes) is 1. The molecule has 4 aromatic rings. The van der Waals surface area contributed by atoms with Crippen molar-refractivity contribution in [2.24, 2.45) is 11.3 Å². The van der Waals surface area contributed by atoms with Crippen LogP contribution in [0.15, 0.2) is 91.0 Å². The molecule has 3 aliphatic rings. The van der Waals surface area contributed by atoms with Crippen molar-refractivity contribution in [2.75, 3.05) is 17.6 Å². The summed E-state index contributed by atoms with van der Waals surface area (Å²) in [5.41, 5.74) is 3.09. The number of hydrogen-bond donors (Lipinski definition) is 3. The molecule has 69 heavy (non-hydrogen) atoms. The lowest BCUT2D eigenvalue weighted by atomic mass is 9.66. The highest BCUT2D eigenvalue weighted by Crippen LogP contribution is 2.53. The van der Waals surface area contributed by atoms with Crippen molar-refractivity contribution in [1.82, 2.24) is 20.4 Å². The van der Waals surface area contributed by atoms with Crippen molar-refractivity contribution in [2.45, 2.75) is 109 Å². The Morgan fingerprint density at radius 1 is 0.899 bits per heavy atom. The van der Waals surface area contributed by atoms with Crippen LogP contribution in [-0.2, 0) is 35.6 Å². The van der Waals surface area contributed by atoms with Crippen LogP contribution in [0.2, 0.25) is 10.0 Å². The number of amides is 6. The molecule has 2 fully saturated rings. The molecule has 2 saturated heterocycles. The number of piperidine rings is 2. The molecule has 0 bridgehead atoms. The molecule has 0 spiro atoms. The summed E-state index contributed by atoms with van der Waals surface area (Å²) in [6.45, 7) is 9.42. The van der Waals surface area contributed by atoms with Crippen LogP contribution in [0, 0.1) is 23.2 Å². The van der Waals surface area contributed by atoms with E-state index in [0.717, 1.165) is 16.7 Å². The smallest absolute Gasteiger partial charge is 0.255 e. The van der Waals surface area contributed by atoms with Crippen LogP contribution < -0.4 is 16.0 Å². The number of nitrogens with zero attached hydrogens (tertiary/aromatic N) is 2. The fourth-order valence-corrected chi connectivity index (χ4v) is 11.3. The summed E-state index contributed by atoms with van der Waals surface area (Å²) in [4.78, 5) is 82.8. The minimum absolute atomic E-state index is 0.173. The van der Waals surface area contributed by atoms with Crippen LogP contribution in [0.3, 0.4) is 0 Å². The number of nitrogens with one attached hydrogen (secondary N) is 3. The lowest BCUT2D eigenvalue weighted by molar-refractivity contribution is -0.157. The topological polar surface area (TPSA) is 179 Å². The van der Waals surface area contributed by atoms with Crippen molar-refractivity contribution in [3.63, 3.8) is 0 Å². The number of carbonyl (C=O) groups is 6. The maximum Gasteiger partial charge on any atom is 0.255 e. The number of rotatable bonds is 15. The molecule has 3 aliphatic heterocycles. The van der Waals surface area contributed by atoms with Gasteiger partial charge in [0.25, 0.3) is 11.8 Å². The summed E-state index contributed by atoms with van der Waals surface area (Å²) in [5.74, 6) is 3.22. The fraction of sp³-hybridized carbons (Fsp3) is 0.396. The molecule has 1 unspecified atom stereocenters. The van der Waals surface area contributed by atoms with E-state index >= 15 is 4.79 Å². The van der Waals surface area contributed by atoms with Gasteiger partial charge in [0, 0.05) is 76.7 Å². The summed E-state index contributed by atoms with van der Waals surface area (Å²) in [6, 6.07) is 24.3. The molecule has 0 radical (unpaired) electrons. The first-order chi connectivity index (χ1) is 32.8. The number of hydrogen-bond acceptors (Lipinski definition) is 8. The standard InChI is InChI=1S/C53H57Cl2N5O8S/c1-32(2)45(31-69(67,68)33(3)4)60-48(35-16-20-38(54)21-17-35)42(37-13-9-14-39(55)27-37)28-53(5,52(60)66)29-47(62)57-40-22-18-36(19-23-40)49(63)56-26-8-6-7-11-34-12-10-15-41-43(34)30-59(51(41)65)44-24-25-46(61)58-50(44)64/h9-10,12-23,27,32-33,42,44-45,48H,6,8,24-26,28-31H2,1-5H3,(H,56,63)(H,57,62)(H,58,61,64)/t42-,44?,45-,48-,53-/m1/s1. The highest BCUT2D eigenvalue weighted by molar-refractivity contribution is 7.92. The van der Waals surface area contributed by atoms with Gasteiger partial charge in [-0.05, 0) is 116 Å². The van der Waals surface area contributed by atoms with Crippen molar-refractivity contribution in [3.05, 3.63) is 134 Å². The van der Waals surface area contributed by atoms with E-state index in [4.69, 9.17) is 23.2 Å². The third-order valence-electron chi connectivity index (χ3n) is 13.4. The molecule has 16 heteroatoms. The van der Waals surface area contributed by atoms with Crippen molar-refractivity contribution in [1.29, 1.82) is 0 Å². The summed E-state index contributed by atoms with van der Waals surface area (Å²) >= 11 is 12.9. The second kappa shape index (κ2) is 21.3. The fourth-order valence-electron chi connectivity index (χ4n) is 9.54. The summed E-state index contributed by atoms with van der Waals surface area (Å²) in [7, 11) is -3.63. The Balaban J connectivity index is 1.000. The average molecular weight is 995 g/mol. The van der Waals surface area contributed by atoms with E-state index in [2.05, 4.69) is 27.8 Å². The monoisotopic (exact) mass is 993 g/mol. The van der Waals surface area contributed by atoms with E-state index in [1.165, 1.54) is 4.90 Å². The first kappa shape index (κ1) is 50.9. The van der Waals surface area contributed by atoms with Gasteiger partial charge >= 0.3 is 0 Å². The molecule has 362 valence electrons. The third kappa shape index (κ3) is 11.5. The number of halogens is 2. The number of benzene rings is 4. The summed E-state index contributed by atoms with van der Waals surface area (Å²) in [6.07, 6.45) is 1.53. The van der Waals surface area contributed by atoms with E-state index in [9.17, 15) is 32.4 Å². The Hall–Kier alpha value is -6.01. The van der Waals surface area contributed by atoms with Crippen LogP contribution >= 0.6 is 23.2 Å². The summed E-state index contributed by atoms with van der Waals surface area (Å²) in [5, 5.41) is 8.48. The van der Waals surface area contributed by atoms with E-state index in [0.29, 0.717) is 51.8 Å². The second-order valence-corrected chi connectivity index (χ2v) is 22.5. The minimum atomic E-state index is -3.63. The first-order valence-corrected chi connectivity index (χ1v) is 25.7. The predicted molar refractivity (Wildman–Crippen MR) is 266 cm³/mol. The highest BCUT2D eigenvalue weighted by atomic mass is 35.5.